The first-order valence-corrected chi connectivity index (χ1v) is 9.23. The fourth-order valence-corrected chi connectivity index (χ4v) is 4.14. The largest absolute Gasteiger partial charge is 0.496 e. The monoisotopic (exact) mass is 419 g/mol. The van der Waals surface area contributed by atoms with E-state index in [0.717, 1.165) is 21.3 Å². The van der Waals surface area contributed by atoms with E-state index in [1.54, 1.807) is 12.0 Å². The Labute approximate surface area is 158 Å². The number of rotatable bonds is 4. The summed E-state index contributed by atoms with van der Waals surface area (Å²) in [6.45, 7) is 0.495. The lowest BCUT2D eigenvalue weighted by atomic mass is 10.2. The number of hydrogen-bond acceptors (Lipinski definition) is 4. The zero-order valence-electron chi connectivity index (χ0n) is 12.9. The summed E-state index contributed by atoms with van der Waals surface area (Å²) in [6, 6.07) is 15.5. The van der Waals surface area contributed by atoms with Gasteiger partial charge in [0.05, 0.1) is 23.0 Å². The Kier molecular flexibility index (Phi) is 5.38. The van der Waals surface area contributed by atoms with Crippen molar-refractivity contribution in [3.05, 3.63) is 69.0 Å². The van der Waals surface area contributed by atoms with Gasteiger partial charge in [0.15, 0.2) is 0 Å². The van der Waals surface area contributed by atoms with Gasteiger partial charge in [0.2, 0.25) is 0 Å². The van der Waals surface area contributed by atoms with Crippen molar-refractivity contribution >= 4 is 56.2 Å². The number of benzene rings is 2. The first-order chi connectivity index (χ1) is 11.6. The van der Waals surface area contributed by atoms with Crippen LogP contribution in [-0.2, 0) is 11.3 Å². The third-order valence-electron chi connectivity index (χ3n) is 3.53. The molecule has 6 heteroatoms. The second-order valence-corrected chi connectivity index (χ2v) is 7.68. The Morgan fingerprint density at radius 1 is 1.25 bits per heavy atom. The van der Waals surface area contributed by atoms with E-state index in [1.807, 2.05) is 54.6 Å². The molecule has 1 aliphatic rings. The van der Waals surface area contributed by atoms with Crippen LogP contribution in [0.25, 0.3) is 6.08 Å². The molecule has 0 atom stereocenters. The van der Waals surface area contributed by atoms with Crippen LogP contribution in [0, 0.1) is 0 Å². The van der Waals surface area contributed by atoms with Crippen molar-refractivity contribution in [3.63, 3.8) is 0 Å². The number of methoxy groups -OCH3 is 1. The maximum Gasteiger partial charge on any atom is 0.266 e. The minimum atomic E-state index is -0.0548. The second-order valence-electron chi connectivity index (χ2n) is 5.15. The van der Waals surface area contributed by atoms with Crippen LogP contribution >= 0.6 is 39.9 Å². The zero-order valence-corrected chi connectivity index (χ0v) is 16.1. The van der Waals surface area contributed by atoms with Crippen LogP contribution in [0.5, 0.6) is 5.75 Å². The Balaban J connectivity index is 1.82. The van der Waals surface area contributed by atoms with E-state index in [1.165, 1.54) is 11.8 Å². The van der Waals surface area contributed by atoms with Crippen LogP contribution in [0.1, 0.15) is 11.1 Å². The van der Waals surface area contributed by atoms with E-state index in [2.05, 4.69) is 15.9 Å². The van der Waals surface area contributed by atoms with Gasteiger partial charge in [-0.25, -0.2) is 0 Å². The SMILES string of the molecule is COc1ccc(C=C2SC(=S)N(Cc3ccccc3)C2=O)cc1Br. The summed E-state index contributed by atoms with van der Waals surface area (Å²) >= 11 is 10.2. The third kappa shape index (κ3) is 3.71. The Morgan fingerprint density at radius 2 is 2.00 bits per heavy atom. The van der Waals surface area contributed by atoms with Crippen LogP contribution in [0.2, 0.25) is 0 Å². The summed E-state index contributed by atoms with van der Waals surface area (Å²) in [6.07, 6.45) is 1.86. The van der Waals surface area contributed by atoms with Gasteiger partial charge in [-0.3, -0.25) is 9.69 Å². The number of hydrogen-bond donors (Lipinski definition) is 0. The van der Waals surface area contributed by atoms with Crippen molar-refractivity contribution in [3.8, 4) is 5.75 Å². The number of thioether (sulfide) groups is 1. The molecule has 3 rings (SSSR count). The predicted molar refractivity (Wildman–Crippen MR) is 106 cm³/mol. The quantitative estimate of drug-likeness (QED) is 0.522. The molecule has 0 N–H and O–H groups in total. The molecule has 0 spiro atoms. The number of thiocarbonyl (C=S) groups is 1. The molecule has 122 valence electrons. The van der Waals surface area contributed by atoms with Gasteiger partial charge >= 0.3 is 0 Å². The van der Waals surface area contributed by atoms with Crippen LogP contribution in [0.4, 0.5) is 0 Å². The van der Waals surface area contributed by atoms with Crippen LogP contribution in [-0.4, -0.2) is 22.2 Å². The molecule has 2 aromatic carbocycles. The molecule has 0 radical (unpaired) electrons. The van der Waals surface area contributed by atoms with Crippen molar-refractivity contribution in [2.24, 2.45) is 0 Å². The van der Waals surface area contributed by atoms with Crippen LogP contribution < -0.4 is 4.74 Å². The highest BCUT2D eigenvalue weighted by molar-refractivity contribution is 9.10. The average Bonchev–Trinajstić information content (AvgIpc) is 2.84. The summed E-state index contributed by atoms with van der Waals surface area (Å²) in [7, 11) is 1.62. The van der Waals surface area contributed by atoms with Gasteiger partial charge in [0.25, 0.3) is 5.91 Å². The predicted octanol–water partition coefficient (Wildman–Crippen LogP) is 4.86. The van der Waals surface area contributed by atoms with Crippen molar-refractivity contribution in [2.75, 3.05) is 7.11 Å². The first-order valence-electron chi connectivity index (χ1n) is 7.21. The summed E-state index contributed by atoms with van der Waals surface area (Å²) in [5.41, 5.74) is 1.98. The molecule has 1 amide bonds. The third-order valence-corrected chi connectivity index (χ3v) is 5.53. The van der Waals surface area contributed by atoms with Gasteiger partial charge < -0.3 is 4.74 Å². The van der Waals surface area contributed by atoms with E-state index in [-0.39, 0.29) is 5.91 Å². The fourth-order valence-electron chi connectivity index (χ4n) is 2.33. The Hall–Kier alpha value is -1.63. The van der Waals surface area contributed by atoms with Crippen LogP contribution in [0.15, 0.2) is 57.9 Å². The molecule has 1 aliphatic heterocycles. The molecule has 0 unspecified atom stereocenters. The lowest BCUT2D eigenvalue weighted by Crippen LogP contribution is -2.27. The van der Waals surface area contributed by atoms with Gasteiger partial charge in [-0.05, 0) is 45.3 Å². The lowest BCUT2D eigenvalue weighted by Gasteiger charge is -2.14. The van der Waals surface area contributed by atoms with Crippen molar-refractivity contribution in [2.45, 2.75) is 6.54 Å². The molecule has 1 fully saturated rings. The molecule has 0 aromatic heterocycles. The smallest absolute Gasteiger partial charge is 0.266 e. The van der Waals surface area contributed by atoms with E-state index in [9.17, 15) is 4.79 Å². The number of carbonyl (C=O) groups excluding carboxylic acids is 1. The molecular weight excluding hydrogens is 406 g/mol. The number of amides is 1. The second kappa shape index (κ2) is 7.51. The molecule has 24 heavy (non-hydrogen) atoms. The Bertz CT molecular complexity index is 821. The first kappa shape index (κ1) is 17.2. The molecule has 3 nitrogen and oxygen atoms in total. The summed E-state index contributed by atoms with van der Waals surface area (Å²) in [5, 5.41) is 0. The van der Waals surface area contributed by atoms with Gasteiger partial charge in [0.1, 0.15) is 10.1 Å². The number of halogens is 1. The maximum atomic E-state index is 12.6. The lowest BCUT2D eigenvalue weighted by molar-refractivity contribution is -0.122. The normalized spacial score (nSPS) is 16.1. The average molecular weight is 420 g/mol. The van der Waals surface area contributed by atoms with E-state index >= 15 is 0 Å². The maximum absolute atomic E-state index is 12.6. The topological polar surface area (TPSA) is 29.5 Å². The Morgan fingerprint density at radius 3 is 2.67 bits per heavy atom. The highest BCUT2D eigenvalue weighted by Crippen LogP contribution is 2.34. The molecule has 0 bridgehead atoms. The minimum Gasteiger partial charge on any atom is -0.496 e. The van der Waals surface area contributed by atoms with Gasteiger partial charge in [-0.1, -0.05) is 60.4 Å². The van der Waals surface area contributed by atoms with Gasteiger partial charge in [-0.15, -0.1) is 0 Å². The number of ether oxygens (including phenoxy) is 1. The molecule has 2 aromatic rings. The molecule has 1 saturated heterocycles. The molecule has 0 saturated carbocycles. The summed E-state index contributed by atoms with van der Waals surface area (Å²) in [4.78, 5) is 14.9. The summed E-state index contributed by atoms with van der Waals surface area (Å²) in [5.74, 6) is 0.699. The molecule has 0 aliphatic carbocycles. The minimum absolute atomic E-state index is 0.0548. The highest BCUT2D eigenvalue weighted by atomic mass is 79.9. The van der Waals surface area contributed by atoms with Crippen molar-refractivity contribution in [1.82, 2.24) is 4.90 Å². The van der Waals surface area contributed by atoms with Crippen molar-refractivity contribution < 1.29 is 9.53 Å². The fraction of sp³-hybridized carbons (Fsp3) is 0.111. The standard InChI is InChI=1S/C18H14BrNO2S2/c1-22-15-8-7-13(9-14(15)19)10-16-17(21)20(18(23)24-16)11-12-5-3-2-4-6-12/h2-10H,11H2,1H3. The van der Waals surface area contributed by atoms with Crippen LogP contribution in [0.3, 0.4) is 0 Å². The van der Waals surface area contributed by atoms with E-state index in [4.69, 9.17) is 17.0 Å². The molecular formula is C18H14BrNO2S2. The number of carbonyl (C=O) groups is 1. The van der Waals surface area contributed by atoms with Gasteiger partial charge in [-0.2, -0.15) is 0 Å². The zero-order chi connectivity index (χ0) is 17.1. The molecule has 1 heterocycles. The summed E-state index contributed by atoms with van der Waals surface area (Å²) < 4.78 is 6.65. The van der Waals surface area contributed by atoms with Crippen molar-refractivity contribution in [1.29, 1.82) is 0 Å². The van der Waals surface area contributed by atoms with Gasteiger partial charge in [0, 0.05) is 0 Å². The number of nitrogens with zero attached hydrogens (tertiary/aromatic N) is 1. The van der Waals surface area contributed by atoms with E-state index in [0.29, 0.717) is 15.8 Å². The van der Waals surface area contributed by atoms with E-state index < -0.39 is 0 Å². The highest BCUT2D eigenvalue weighted by Gasteiger charge is 2.31.